The summed E-state index contributed by atoms with van der Waals surface area (Å²) < 4.78 is 42.1. The number of aromatic nitrogens is 5. The fourth-order valence-corrected chi connectivity index (χ4v) is 8.19. The molecule has 1 aliphatic carbocycles. The van der Waals surface area contributed by atoms with Crippen LogP contribution in [0.4, 0.5) is 24.9 Å². The van der Waals surface area contributed by atoms with Gasteiger partial charge in [0.15, 0.2) is 5.78 Å². The van der Waals surface area contributed by atoms with Crippen LogP contribution in [0.15, 0.2) is 36.7 Å². The van der Waals surface area contributed by atoms with Gasteiger partial charge in [0.25, 0.3) is 0 Å². The van der Waals surface area contributed by atoms with Gasteiger partial charge in [0.1, 0.15) is 29.8 Å². The summed E-state index contributed by atoms with van der Waals surface area (Å²) >= 11 is 0. The summed E-state index contributed by atoms with van der Waals surface area (Å²) in [5, 5.41) is 10.8. The van der Waals surface area contributed by atoms with Crippen LogP contribution >= 0.6 is 0 Å². The Morgan fingerprint density at radius 3 is 2.45 bits per heavy atom. The first-order chi connectivity index (χ1) is 25.2. The van der Waals surface area contributed by atoms with Gasteiger partial charge in [-0.05, 0) is 73.4 Å². The molecule has 7 rings (SSSR count). The number of nitrogens with two attached hydrogens (primary N) is 1. The number of piperidine rings is 1. The van der Waals surface area contributed by atoms with Crippen LogP contribution in [0.25, 0.3) is 22.0 Å². The second-order valence-corrected chi connectivity index (χ2v) is 14.5. The van der Waals surface area contributed by atoms with Crippen molar-refractivity contribution in [3.05, 3.63) is 59.2 Å². The number of hydrogen-bond donors (Lipinski definition) is 3. The summed E-state index contributed by atoms with van der Waals surface area (Å²) in [5.41, 5.74) is 7.35. The van der Waals surface area contributed by atoms with Crippen LogP contribution in [-0.2, 0) is 33.5 Å². The first-order valence-electron chi connectivity index (χ1n) is 17.7. The second-order valence-electron chi connectivity index (χ2n) is 14.5. The predicted molar refractivity (Wildman–Crippen MR) is 188 cm³/mol. The van der Waals surface area contributed by atoms with E-state index in [1.807, 2.05) is 19.1 Å². The number of nitrogens with one attached hydrogen (secondary N) is 2. The number of anilines is 2. The summed E-state index contributed by atoms with van der Waals surface area (Å²) in [6.45, 7) is 4.83. The highest BCUT2D eigenvalue weighted by molar-refractivity contribution is 6.07. The molecule has 0 radical (unpaired) electrons. The molecule has 13 nitrogen and oxygen atoms in total. The van der Waals surface area contributed by atoms with Crippen molar-refractivity contribution in [3.63, 3.8) is 0 Å². The van der Waals surface area contributed by atoms with Crippen molar-refractivity contribution in [2.24, 2.45) is 11.3 Å². The maximum absolute atomic E-state index is 14.6. The zero-order valence-corrected chi connectivity index (χ0v) is 29.6. The molecule has 1 saturated carbocycles. The van der Waals surface area contributed by atoms with E-state index >= 15 is 0 Å². The van der Waals surface area contributed by atoms with E-state index in [0.717, 1.165) is 36.5 Å². The minimum absolute atomic E-state index is 0.0782. The Labute approximate surface area is 302 Å². The minimum atomic E-state index is -4.73. The monoisotopic (exact) mass is 731 g/mol. The van der Waals surface area contributed by atoms with E-state index in [2.05, 4.69) is 30.7 Å². The van der Waals surface area contributed by atoms with E-state index in [9.17, 15) is 32.3 Å². The van der Waals surface area contributed by atoms with E-state index < -0.39 is 41.2 Å². The van der Waals surface area contributed by atoms with E-state index in [-0.39, 0.29) is 54.6 Å². The Morgan fingerprint density at radius 1 is 1.04 bits per heavy atom. The lowest BCUT2D eigenvalue weighted by molar-refractivity contribution is -0.141. The zero-order chi connectivity index (χ0) is 37.8. The maximum Gasteiger partial charge on any atom is 0.433 e. The molecule has 2 bridgehead atoms. The fourth-order valence-electron chi connectivity index (χ4n) is 8.19. The molecule has 53 heavy (non-hydrogen) atoms. The van der Waals surface area contributed by atoms with Gasteiger partial charge in [0, 0.05) is 54.7 Å². The summed E-state index contributed by atoms with van der Waals surface area (Å²) in [6.07, 6.45) is 2.69. The summed E-state index contributed by atoms with van der Waals surface area (Å²) in [5.74, 6) is -1.76. The molecular weight excluding hydrogens is 691 g/mol. The number of nitrogen functional groups attached to an aromatic ring is 1. The van der Waals surface area contributed by atoms with Gasteiger partial charge in [0.05, 0.1) is 5.52 Å². The van der Waals surface area contributed by atoms with Crippen molar-refractivity contribution in [1.29, 1.82) is 0 Å². The van der Waals surface area contributed by atoms with Crippen molar-refractivity contribution >= 4 is 46.2 Å². The van der Waals surface area contributed by atoms with Crippen molar-refractivity contribution in [2.45, 2.75) is 90.5 Å². The number of aryl methyl sites for hydroxylation is 2. The quantitative estimate of drug-likeness (QED) is 0.247. The number of pyridine rings is 1. The van der Waals surface area contributed by atoms with Gasteiger partial charge in [-0.15, -0.1) is 0 Å². The number of carbonyl (C=O) groups excluding carboxylic acids is 4. The van der Waals surface area contributed by atoms with Crippen molar-refractivity contribution in [1.82, 2.24) is 34.9 Å². The van der Waals surface area contributed by atoms with Crippen LogP contribution in [0.2, 0.25) is 0 Å². The average molecular weight is 732 g/mol. The summed E-state index contributed by atoms with van der Waals surface area (Å²) in [4.78, 5) is 67.9. The highest BCUT2D eigenvalue weighted by Crippen LogP contribution is 2.64. The molecule has 4 N–H and O–H groups in total. The zero-order valence-electron chi connectivity index (χ0n) is 29.6. The molecule has 2 unspecified atom stereocenters. The first kappa shape index (κ1) is 36.0. The molecule has 4 aromatic rings. The molecule has 16 heteroatoms. The van der Waals surface area contributed by atoms with Crippen LogP contribution in [0, 0.1) is 18.3 Å². The molecule has 2 aliphatic heterocycles. The number of carbonyl (C=O) groups is 4. The van der Waals surface area contributed by atoms with Gasteiger partial charge < -0.3 is 21.3 Å². The van der Waals surface area contributed by atoms with Gasteiger partial charge in [-0.1, -0.05) is 25.8 Å². The highest BCUT2D eigenvalue weighted by Gasteiger charge is 2.72. The first-order valence-corrected chi connectivity index (χ1v) is 17.7. The van der Waals surface area contributed by atoms with Crippen LogP contribution in [-0.4, -0.2) is 71.8 Å². The van der Waals surface area contributed by atoms with E-state index in [4.69, 9.17) is 5.73 Å². The predicted octanol–water partition coefficient (Wildman–Crippen LogP) is 4.87. The van der Waals surface area contributed by atoms with Crippen LogP contribution in [0.1, 0.15) is 79.7 Å². The molecule has 3 aliphatic rings. The number of hydrogen-bond acceptors (Lipinski definition) is 9. The summed E-state index contributed by atoms with van der Waals surface area (Å²) in [6, 6.07) is 4.36. The van der Waals surface area contributed by atoms with Gasteiger partial charge in [-0.3, -0.25) is 23.9 Å². The number of alkyl halides is 3. The lowest BCUT2D eigenvalue weighted by Gasteiger charge is -2.28. The molecule has 278 valence electrons. The largest absolute Gasteiger partial charge is 0.433 e. The lowest BCUT2D eigenvalue weighted by atomic mass is 9.95. The molecule has 3 aromatic heterocycles. The van der Waals surface area contributed by atoms with Crippen LogP contribution in [0.3, 0.4) is 0 Å². The molecule has 4 atom stereocenters. The number of ketones is 1. The molecule has 0 spiro atoms. The van der Waals surface area contributed by atoms with E-state index in [1.165, 1.54) is 29.5 Å². The Bertz CT molecular complexity index is 2130. The lowest BCUT2D eigenvalue weighted by Crippen LogP contribution is -2.47. The van der Waals surface area contributed by atoms with E-state index in [1.54, 1.807) is 12.4 Å². The number of amides is 3. The smallest absolute Gasteiger partial charge is 0.368 e. The maximum atomic E-state index is 14.6. The fraction of sp³-hybridized carbons (Fsp3) is 0.459. The third-order valence-corrected chi connectivity index (χ3v) is 11.0. The molecule has 2 fully saturated rings. The number of nitrogens with zero attached hydrogens (tertiary/aromatic N) is 6. The van der Waals surface area contributed by atoms with Gasteiger partial charge in [-0.2, -0.15) is 18.3 Å². The Kier molecular flexibility index (Phi) is 9.18. The third-order valence-electron chi connectivity index (χ3n) is 11.0. The van der Waals surface area contributed by atoms with Gasteiger partial charge >= 0.3 is 6.18 Å². The molecule has 3 amide bonds. The van der Waals surface area contributed by atoms with Crippen molar-refractivity contribution < 1.29 is 32.3 Å². The Morgan fingerprint density at radius 2 is 1.75 bits per heavy atom. The van der Waals surface area contributed by atoms with E-state index in [0.29, 0.717) is 41.3 Å². The Balaban J connectivity index is 1.30. The second kappa shape index (κ2) is 13.5. The number of halogens is 3. The molecule has 5 heterocycles. The topological polar surface area (TPSA) is 178 Å². The normalized spacial score (nSPS) is 23.7. The van der Waals surface area contributed by atoms with Crippen LogP contribution in [0.5, 0.6) is 0 Å². The van der Waals surface area contributed by atoms with Gasteiger partial charge in [-0.25, -0.2) is 15.0 Å². The van der Waals surface area contributed by atoms with Gasteiger partial charge in [0.2, 0.25) is 23.7 Å². The Hall–Kier alpha value is -5.41. The van der Waals surface area contributed by atoms with Crippen molar-refractivity contribution in [3.8, 4) is 11.1 Å². The SMILES string of the molecule is CC(=O)c1nn2c3c(cc(-c4cnc(N)nc4)cc13)CCCCCCC(=O)NC[C@@]13C[C@@H](C(=O)Nc4nc(C(F)(F)F)ccc4C)N(C(=O)C2)C1C3C. The average Bonchev–Trinajstić information content (AvgIpc) is 3.37. The van der Waals surface area contributed by atoms with Crippen molar-refractivity contribution in [2.75, 3.05) is 17.6 Å². The highest BCUT2D eigenvalue weighted by atomic mass is 19.4. The molecule has 1 saturated heterocycles. The standard InChI is InChI=1S/C37H40F3N9O4/c1-19-10-11-27(37(38,39)40)45-33(19)46-34(53)26-14-36-18-44-28(51)9-7-5-4-6-8-22-12-23(24-15-42-35(41)43-16-24)13-25-30(21(3)50)47-48(31(22)25)17-29(52)49(26)32(36)20(36)2/h10-13,15-16,20,26,32H,4-9,14,17-18H2,1-3H3,(H,44,51)(H2,41,42,43)(H,45,46,53)/t20?,26-,32?,36+/m0/s1. The number of Topliss-reactive ketones (excluding diaryl/α,β-unsaturated/α-hetero) is 1. The number of rotatable bonds is 4. The molecule has 1 aromatic carbocycles. The van der Waals surface area contributed by atoms with Crippen LogP contribution < -0.4 is 16.4 Å². The molecular formula is C37H40F3N9O4. The summed E-state index contributed by atoms with van der Waals surface area (Å²) in [7, 11) is 0. The number of benzene rings is 1. The minimum Gasteiger partial charge on any atom is -0.368 e. The third kappa shape index (κ3) is 6.70.